The number of nitrogens with zero attached hydrogens (tertiary/aromatic N) is 1. The number of rotatable bonds is 5. The normalized spacial score (nSPS) is 15.9. The van der Waals surface area contributed by atoms with Crippen molar-refractivity contribution in [1.29, 1.82) is 0 Å². The van der Waals surface area contributed by atoms with Crippen LogP contribution in [0.1, 0.15) is 46.6 Å². The number of amides is 1. The lowest BCUT2D eigenvalue weighted by molar-refractivity contribution is -0.148. The summed E-state index contributed by atoms with van der Waals surface area (Å²) in [6.45, 7) is 9.49. The van der Waals surface area contributed by atoms with Gasteiger partial charge in [0.2, 0.25) is 0 Å². The maximum Gasteiger partial charge on any atom is 0.261 e. The molecule has 0 aliphatic carbocycles. The number of hydrogen-bond acceptors (Lipinski definition) is 3. The van der Waals surface area contributed by atoms with Crippen LogP contribution in [-0.4, -0.2) is 28.9 Å². The largest absolute Gasteiger partial charge is 0.477 e. The summed E-state index contributed by atoms with van der Waals surface area (Å²) in [5.41, 5.74) is 0.455. The Morgan fingerprint density at radius 2 is 1.87 bits per heavy atom. The van der Waals surface area contributed by atoms with Crippen LogP contribution in [0.4, 0.5) is 0 Å². The molecule has 23 heavy (non-hydrogen) atoms. The molecule has 0 spiro atoms. The number of hydrogen-bond donors (Lipinski definition) is 0. The summed E-state index contributed by atoms with van der Waals surface area (Å²) in [7, 11) is 0. The lowest BCUT2D eigenvalue weighted by Gasteiger charge is -2.40. The SMILES string of the molecule is CC1=C(c2ccccc2)C(=O)N(C(C)(C)C(=O)CC(C)C)CO1. The Morgan fingerprint density at radius 1 is 1.26 bits per heavy atom. The Hall–Kier alpha value is -2.10. The molecule has 1 heterocycles. The van der Waals surface area contributed by atoms with Crippen molar-refractivity contribution < 1.29 is 14.3 Å². The molecule has 1 aliphatic heterocycles. The van der Waals surface area contributed by atoms with Gasteiger partial charge in [-0.05, 0) is 32.3 Å². The van der Waals surface area contributed by atoms with Crippen LogP contribution in [0.2, 0.25) is 0 Å². The lowest BCUT2D eigenvalue weighted by Crippen LogP contribution is -2.55. The van der Waals surface area contributed by atoms with E-state index in [1.54, 1.807) is 20.8 Å². The van der Waals surface area contributed by atoms with E-state index in [1.807, 2.05) is 44.2 Å². The van der Waals surface area contributed by atoms with Gasteiger partial charge in [0.1, 0.15) is 5.76 Å². The van der Waals surface area contributed by atoms with Crippen molar-refractivity contribution in [3.05, 3.63) is 41.7 Å². The third-order valence-electron chi connectivity index (χ3n) is 4.23. The summed E-state index contributed by atoms with van der Waals surface area (Å²) in [6, 6.07) is 9.44. The molecule has 0 saturated carbocycles. The monoisotopic (exact) mass is 315 g/mol. The van der Waals surface area contributed by atoms with Gasteiger partial charge in [-0.15, -0.1) is 0 Å². The molecule has 4 nitrogen and oxygen atoms in total. The zero-order valence-electron chi connectivity index (χ0n) is 14.6. The van der Waals surface area contributed by atoms with Gasteiger partial charge in [-0.25, -0.2) is 0 Å². The molecule has 0 N–H and O–H groups in total. The van der Waals surface area contributed by atoms with Crippen molar-refractivity contribution in [3.63, 3.8) is 0 Å². The Balaban J connectivity index is 2.34. The van der Waals surface area contributed by atoms with E-state index in [1.165, 1.54) is 4.90 Å². The molecule has 1 aliphatic rings. The van der Waals surface area contributed by atoms with Gasteiger partial charge < -0.3 is 4.74 Å². The molecule has 2 rings (SSSR count). The third-order valence-corrected chi connectivity index (χ3v) is 4.23. The fourth-order valence-electron chi connectivity index (χ4n) is 2.70. The average Bonchev–Trinajstić information content (AvgIpc) is 2.47. The first-order valence-electron chi connectivity index (χ1n) is 7.99. The number of benzene rings is 1. The van der Waals surface area contributed by atoms with E-state index in [-0.39, 0.29) is 24.3 Å². The second-order valence-electron chi connectivity index (χ2n) is 6.88. The van der Waals surface area contributed by atoms with E-state index < -0.39 is 5.54 Å². The van der Waals surface area contributed by atoms with Crippen molar-refractivity contribution in [2.24, 2.45) is 5.92 Å². The van der Waals surface area contributed by atoms with E-state index in [2.05, 4.69) is 0 Å². The van der Waals surface area contributed by atoms with Crippen LogP contribution in [0.25, 0.3) is 5.57 Å². The minimum Gasteiger partial charge on any atom is -0.477 e. The van der Waals surface area contributed by atoms with E-state index in [0.717, 1.165) is 5.56 Å². The Labute approximate surface area is 138 Å². The molecule has 0 bridgehead atoms. The van der Waals surface area contributed by atoms with Crippen LogP contribution in [0.3, 0.4) is 0 Å². The molecule has 0 radical (unpaired) electrons. The first kappa shape index (κ1) is 17.3. The summed E-state index contributed by atoms with van der Waals surface area (Å²) in [6.07, 6.45) is 0.445. The maximum absolute atomic E-state index is 13.0. The molecule has 0 aromatic heterocycles. The quantitative estimate of drug-likeness (QED) is 0.833. The number of ketones is 1. The molecule has 124 valence electrons. The fourth-order valence-corrected chi connectivity index (χ4v) is 2.70. The zero-order valence-corrected chi connectivity index (χ0v) is 14.6. The summed E-state index contributed by atoms with van der Waals surface area (Å²) < 4.78 is 5.70. The highest BCUT2D eigenvalue weighted by molar-refractivity contribution is 6.21. The van der Waals surface area contributed by atoms with E-state index >= 15 is 0 Å². The van der Waals surface area contributed by atoms with Gasteiger partial charge in [-0.1, -0.05) is 44.2 Å². The number of carbonyl (C=O) groups is 2. The predicted molar refractivity (Wildman–Crippen MR) is 90.4 cm³/mol. The fraction of sp³-hybridized carbons (Fsp3) is 0.474. The Morgan fingerprint density at radius 3 is 2.43 bits per heavy atom. The number of ether oxygens (including phenoxy) is 1. The van der Waals surface area contributed by atoms with Gasteiger partial charge in [0.15, 0.2) is 12.5 Å². The molecular weight excluding hydrogens is 290 g/mol. The van der Waals surface area contributed by atoms with Gasteiger partial charge in [0, 0.05) is 6.42 Å². The van der Waals surface area contributed by atoms with Crippen molar-refractivity contribution in [3.8, 4) is 0 Å². The van der Waals surface area contributed by atoms with Crippen LogP contribution >= 0.6 is 0 Å². The molecule has 0 unspecified atom stereocenters. The van der Waals surface area contributed by atoms with Crippen LogP contribution in [0.15, 0.2) is 36.1 Å². The molecular formula is C19H25NO3. The highest BCUT2D eigenvalue weighted by atomic mass is 16.5. The molecule has 1 aromatic rings. The van der Waals surface area contributed by atoms with Crippen molar-refractivity contribution in [2.75, 3.05) is 6.73 Å². The minimum absolute atomic E-state index is 0.0522. The Kier molecular flexibility index (Phi) is 4.93. The van der Waals surface area contributed by atoms with E-state index in [4.69, 9.17) is 4.74 Å². The van der Waals surface area contributed by atoms with Crippen LogP contribution in [0.5, 0.6) is 0 Å². The van der Waals surface area contributed by atoms with Crippen molar-refractivity contribution >= 4 is 17.3 Å². The second kappa shape index (κ2) is 6.57. The van der Waals surface area contributed by atoms with E-state index in [9.17, 15) is 9.59 Å². The molecule has 0 fully saturated rings. The van der Waals surface area contributed by atoms with Crippen LogP contribution in [-0.2, 0) is 14.3 Å². The maximum atomic E-state index is 13.0. The van der Waals surface area contributed by atoms with Crippen LogP contribution in [0, 0.1) is 5.92 Å². The van der Waals surface area contributed by atoms with Crippen molar-refractivity contribution in [1.82, 2.24) is 4.90 Å². The number of allylic oxidation sites excluding steroid dienone is 1. The van der Waals surface area contributed by atoms with Gasteiger partial charge >= 0.3 is 0 Å². The number of Topliss-reactive ketones (excluding diaryl/α,β-unsaturated/α-hetero) is 1. The molecule has 1 amide bonds. The van der Waals surface area contributed by atoms with Gasteiger partial charge in [-0.2, -0.15) is 0 Å². The average molecular weight is 315 g/mol. The first-order chi connectivity index (χ1) is 10.7. The predicted octanol–water partition coefficient (Wildman–Crippen LogP) is 3.63. The zero-order chi connectivity index (χ0) is 17.2. The van der Waals surface area contributed by atoms with Gasteiger partial charge in [0.05, 0.1) is 11.1 Å². The topological polar surface area (TPSA) is 46.6 Å². The van der Waals surface area contributed by atoms with Crippen LogP contribution < -0.4 is 0 Å². The van der Waals surface area contributed by atoms with Gasteiger partial charge in [0.25, 0.3) is 5.91 Å². The molecule has 0 saturated heterocycles. The third kappa shape index (κ3) is 3.46. The Bertz CT molecular complexity index is 629. The lowest BCUT2D eigenvalue weighted by atomic mass is 9.89. The highest BCUT2D eigenvalue weighted by Gasteiger charge is 2.41. The highest BCUT2D eigenvalue weighted by Crippen LogP contribution is 2.31. The first-order valence-corrected chi connectivity index (χ1v) is 7.99. The second-order valence-corrected chi connectivity index (χ2v) is 6.88. The van der Waals surface area contributed by atoms with Crippen molar-refractivity contribution in [2.45, 2.75) is 46.6 Å². The minimum atomic E-state index is -0.887. The standard InChI is InChI=1S/C19H25NO3/c1-13(2)11-16(21)19(4,5)20-12-23-14(3)17(18(20)22)15-9-7-6-8-10-15/h6-10,13H,11-12H2,1-5H3. The smallest absolute Gasteiger partial charge is 0.261 e. The summed E-state index contributed by atoms with van der Waals surface area (Å²) in [5.74, 6) is 0.761. The van der Waals surface area contributed by atoms with Gasteiger partial charge in [-0.3, -0.25) is 14.5 Å². The molecule has 1 aromatic carbocycles. The summed E-state index contributed by atoms with van der Waals surface area (Å²) >= 11 is 0. The molecule has 4 heteroatoms. The summed E-state index contributed by atoms with van der Waals surface area (Å²) in [4.78, 5) is 27.1. The molecule has 0 atom stereocenters. The summed E-state index contributed by atoms with van der Waals surface area (Å²) in [5, 5.41) is 0. The van der Waals surface area contributed by atoms with E-state index in [0.29, 0.717) is 17.8 Å². The number of carbonyl (C=O) groups excluding carboxylic acids is 2.